The lowest BCUT2D eigenvalue weighted by Gasteiger charge is -2.36. The minimum atomic E-state index is -2.00. The quantitative estimate of drug-likeness (QED) is 0.00618. The summed E-state index contributed by atoms with van der Waals surface area (Å²) in [5.41, 5.74) is 13.8. The van der Waals surface area contributed by atoms with Gasteiger partial charge in [-0.2, -0.15) is 10.2 Å². The van der Waals surface area contributed by atoms with Crippen LogP contribution in [0.25, 0.3) is 0 Å². The monoisotopic (exact) mass is 1200 g/mol. The van der Waals surface area contributed by atoms with Crippen molar-refractivity contribution >= 4 is 82.4 Å². The molecule has 0 saturated heterocycles. The van der Waals surface area contributed by atoms with Crippen LogP contribution in [0.2, 0.25) is 0 Å². The summed E-state index contributed by atoms with van der Waals surface area (Å²) < 4.78 is 17.0. The number of ether oxygens (including phenoxy) is 3. The number of hydroxylamine groups is 1. The Morgan fingerprint density at radius 3 is 1.61 bits per heavy atom. The Hall–Kier alpha value is -11.0. The fourth-order valence-electron chi connectivity index (χ4n) is 8.83. The van der Waals surface area contributed by atoms with Gasteiger partial charge in [0.2, 0.25) is 29.5 Å². The third-order valence-electron chi connectivity index (χ3n) is 13.5. The van der Waals surface area contributed by atoms with Gasteiger partial charge in [-0.1, -0.05) is 0 Å². The van der Waals surface area contributed by atoms with E-state index in [0.717, 1.165) is 11.8 Å². The molecule has 5 aromatic rings. The number of guanidine groups is 1. The SMILES string of the molecule is C[C@H](NC(=O)[C@H](C)NC(=O)[C@H](C)NC(=O)[C@H](CCCN=C(N)N)NOC(=O)c1ccc(N=Nc2ccc(N(C)C)cc2)cc1)C(=O)N[C@@H](C)C(=O)N[C@@H](CC(=O)O)C(=O)OC(=O)c1ccc2c(c1)C1(OC2=O)c2ccc(O)cc2Oc2cc(O)ccc21. The zero-order valence-corrected chi connectivity index (χ0v) is 47.6. The van der Waals surface area contributed by atoms with Gasteiger partial charge >= 0.3 is 29.8 Å². The van der Waals surface area contributed by atoms with E-state index in [1.807, 2.05) is 31.1 Å². The van der Waals surface area contributed by atoms with Crippen LogP contribution >= 0.6 is 0 Å². The lowest BCUT2D eigenvalue weighted by Crippen LogP contribution is -2.57. The maximum Gasteiger partial charge on any atom is 0.356 e. The molecule has 6 atom stereocenters. The number of azo groups is 1. The highest BCUT2D eigenvalue weighted by Crippen LogP contribution is 2.57. The van der Waals surface area contributed by atoms with Gasteiger partial charge in [-0.05, 0) is 132 Å². The number of phenolic OH excluding ortho intramolecular Hbond substituents is 2. The number of aliphatic carboxylic acids is 1. The van der Waals surface area contributed by atoms with Crippen LogP contribution < -0.4 is 53.2 Å². The minimum absolute atomic E-state index is 0.00616. The van der Waals surface area contributed by atoms with Gasteiger partial charge in [0.05, 0.1) is 34.5 Å². The third kappa shape index (κ3) is 15.6. The van der Waals surface area contributed by atoms with Crippen molar-refractivity contribution < 1.29 is 82.3 Å². The van der Waals surface area contributed by atoms with Crippen molar-refractivity contribution in [1.29, 1.82) is 0 Å². The molecule has 5 aromatic carbocycles. The predicted octanol–water partition coefficient (Wildman–Crippen LogP) is 2.59. The predicted molar refractivity (Wildman–Crippen MR) is 307 cm³/mol. The number of anilines is 1. The maximum absolute atomic E-state index is 13.6. The normalized spacial score (nSPS) is 14.5. The van der Waals surface area contributed by atoms with Gasteiger partial charge < -0.3 is 77.3 Å². The van der Waals surface area contributed by atoms with Crippen molar-refractivity contribution in [3.8, 4) is 23.0 Å². The molecule has 0 unspecified atom stereocenters. The highest BCUT2D eigenvalue weighted by molar-refractivity contribution is 6.03. The van der Waals surface area contributed by atoms with Crippen molar-refractivity contribution in [1.82, 2.24) is 32.1 Å². The molecule has 0 aliphatic carbocycles. The van der Waals surface area contributed by atoms with Gasteiger partial charge in [0, 0.05) is 55.2 Å². The summed E-state index contributed by atoms with van der Waals surface area (Å²) in [7, 11) is 3.83. The standard InChI is InChI=1S/C58H62N12O17/c1-28(63-50(77)30(3)65-52(79)43(8-7-23-61-57(59)60)69-87-54(81)32-9-12-34(13-10-32)67-68-35-14-16-36(17-15-35)70(5)6)48(75)62-29(2)49(76)64-31(4)51(78)66-44(27-47(73)74)56(83)85-53(80)33-11-20-39-42(24-33)58(86-55(39)82)40-21-18-37(71)25-45(40)84-46-26-38(72)19-22-41(46)58/h9-22,24-26,28-31,43-44,69,71-72H,7-8,23,27H2,1-6H3,(H,62,75)(H,63,77)(H,64,76)(H,65,79)(H,66,78)(H,73,74)(H4,59,60,61)/t28-,29-,30-,31-,43-,44-/m0/s1. The molecule has 29 heteroatoms. The molecule has 2 heterocycles. The number of rotatable bonds is 24. The van der Waals surface area contributed by atoms with E-state index < -0.39 is 108 Å². The molecule has 1 spiro atoms. The Kier molecular flexibility index (Phi) is 20.2. The number of carboxylic acids is 1. The number of aromatic hydroxyl groups is 2. The first-order valence-electron chi connectivity index (χ1n) is 26.8. The number of benzene rings is 5. The molecule has 0 bridgehead atoms. The minimum Gasteiger partial charge on any atom is -0.508 e. The number of fused-ring (bicyclic) bond motifs is 6. The van der Waals surface area contributed by atoms with Crippen LogP contribution in [0.1, 0.15) is 94.7 Å². The fraction of sp³-hybridized carbons (Fsp3) is 0.293. The van der Waals surface area contributed by atoms with E-state index in [0.29, 0.717) is 11.4 Å². The van der Waals surface area contributed by atoms with Crippen molar-refractivity contribution in [2.45, 2.75) is 88.8 Å². The van der Waals surface area contributed by atoms with Crippen LogP contribution in [0.15, 0.2) is 118 Å². The molecule has 87 heavy (non-hydrogen) atoms. The van der Waals surface area contributed by atoms with Crippen LogP contribution in [0.3, 0.4) is 0 Å². The first kappa shape index (κ1) is 63.6. The molecule has 0 aromatic heterocycles. The number of nitrogens with two attached hydrogens (primary N) is 2. The van der Waals surface area contributed by atoms with E-state index in [-0.39, 0.29) is 81.7 Å². The molecule has 0 fully saturated rings. The number of nitrogens with one attached hydrogen (secondary N) is 6. The largest absolute Gasteiger partial charge is 0.508 e. The van der Waals surface area contributed by atoms with Crippen molar-refractivity contribution in [3.05, 3.63) is 137 Å². The number of phenols is 2. The molecule has 13 N–H and O–H groups in total. The molecule has 5 amide bonds. The molecule has 2 aliphatic rings. The first-order chi connectivity index (χ1) is 41.2. The number of carbonyl (C=O) groups is 10. The van der Waals surface area contributed by atoms with E-state index in [1.165, 1.54) is 88.4 Å². The average Bonchev–Trinajstić information content (AvgIpc) is 1.64. The zero-order valence-electron chi connectivity index (χ0n) is 47.6. The Labute approximate surface area is 495 Å². The molecule has 2 aliphatic heterocycles. The summed E-state index contributed by atoms with van der Waals surface area (Å²) in [6, 6.07) is 16.2. The summed E-state index contributed by atoms with van der Waals surface area (Å²) in [5, 5.41) is 50.3. The van der Waals surface area contributed by atoms with Crippen LogP contribution in [0.4, 0.5) is 17.1 Å². The second-order valence-electron chi connectivity index (χ2n) is 20.2. The van der Waals surface area contributed by atoms with Gasteiger partial charge in [0.25, 0.3) is 0 Å². The molecular weight excluding hydrogens is 1140 g/mol. The molecular formula is C58H62N12O17. The molecule has 0 radical (unpaired) electrons. The van der Waals surface area contributed by atoms with Crippen LogP contribution in [-0.4, -0.2) is 138 Å². The third-order valence-corrected chi connectivity index (χ3v) is 13.5. The summed E-state index contributed by atoms with van der Waals surface area (Å²) in [4.78, 5) is 143. The van der Waals surface area contributed by atoms with E-state index in [4.69, 9.17) is 30.5 Å². The molecule has 7 rings (SSSR count). The number of hydrogen-bond donors (Lipinski definition) is 11. The highest BCUT2D eigenvalue weighted by Gasteiger charge is 2.54. The van der Waals surface area contributed by atoms with Gasteiger partial charge in [-0.25, -0.2) is 19.2 Å². The second-order valence-corrected chi connectivity index (χ2v) is 20.2. The molecule has 29 nitrogen and oxygen atoms in total. The number of carbonyl (C=O) groups excluding carboxylic acids is 9. The average molecular weight is 1200 g/mol. The summed E-state index contributed by atoms with van der Waals surface area (Å²) in [6.07, 6.45) is -0.848. The lowest BCUT2D eigenvalue weighted by atomic mass is 9.77. The number of carboxylic acid groups (broad SMARTS) is 1. The molecule has 0 saturated carbocycles. The Bertz CT molecular complexity index is 3520. The van der Waals surface area contributed by atoms with E-state index in [2.05, 4.69) is 47.3 Å². The summed E-state index contributed by atoms with van der Waals surface area (Å²) >= 11 is 0. The first-order valence-corrected chi connectivity index (χ1v) is 26.8. The van der Waals surface area contributed by atoms with Crippen molar-refractivity contribution in [2.24, 2.45) is 26.7 Å². The van der Waals surface area contributed by atoms with Crippen molar-refractivity contribution in [2.75, 3.05) is 25.5 Å². The Morgan fingerprint density at radius 1 is 0.609 bits per heavy atom. The van der Waals surface area contributed by atoms with Gasteiger partial charge in [0.1, 0.15) is 59.2 Å². The number of nitrogens with zero attached hydrogens (tertiary/aromatic N) is 4. The lowest BCUT2D eigenvalue weighted by molar-refractivity contribution is -0.148. The van der Waals surface area contributed by atoms with Crippen LogP contribution in [0.5, 0.6) is 23.0 Å². The zero-order chi connectivity index (χ0) is 63.4. The van der Waals surface area contributed by atoms with Gasteiger partial charge in [0.15, 0.2) is 11.6 Å². The topological polar surface area (TPSA) is 433 Å². The highest BCUT2D eigenvalue weighted by atomic mass is 16.7. The van der Waals surface area contributed by atoms with Gasteiger partial charge in [-0.15, -0.1) is 5.48 Å². The van der Waals surface area contributed by atoms with Crippen molar-refractivity contribution in [3.63, 3.8) is 0 Å². The molecule has 456 valence electrons. The number of aliphatic imine (C=N–C) groups is 1. The van der Waals surface area contributed by atoms with E-state index >= 15 is 0 Å². The number of amides is 5. The van der Waals surface area contributed by atoms with E-state index in [9.17, 15) is 63.3 Å². The van der Waals surface area contributed by atoms with Crippen LogP contribution in [0, 0.1) is 0 Å². The smallest absolute Gasteiger partial charge is 0.356 e. The fourth-order valence-corrected chi connectivity index (χ4v) is 8.83. The maximum atomic E-state index is 13.6. The summed E-state index contributed by atoms with van der Waals surface area (Å²) in [5.74, 6) is -11.2. The van der Waals surface area contributed by atoms with Gasteiger partial charge in [-0.3, -0.25) is 33.8 Å². The number of hydrogen-bond acceptors (Lipinski definition) is 21. The van der Waals surface area contributed by atoms with Crippen LogP contribution in [-0.2, 0) is 53.5 Å². The Morgan fingerprint density at radius 2 is 1.10 bits per heavy atom. The summed E-state index contributed by atoms with van der Waals surface area (Å²) in [6.45, 7) is 5.11. The van der Waals surface area contributed by atoms with E-state index in [1.54, 1.807) is 24.3 Å². The second kappa shape index (κ2) is 27.6. The Balaban J connectivity index is 0.896. The number of esters is 3.